The zero-order valence-corrected chi connectivity index (χ0v) is 10.9. The first kappa shape index (κ1) is 13.3. The molecule has 1 heterocycles. The SMILES string of the molecule is CC(C)N1CCN(c2ccc(F)cc2)CC1CF. The molecular formula is C14H20F2N2. The lowest BCUT2D eigenvalue weighted by Gasteiger charge is -2.43. The lowest BCUT2D eigenvalue weighted by molar-refractivity contribution is 0.115. The van der Waals surface area contributed by atoms with Crippen LogP contribution in [0.3, 0.4) is 0 Å². The quantitative estimate of drug-likeness (QED) is 0.818. The highest BCUT2D eigenvalue weighted by Gasteiger charge is 2.28. The van der Waals surface area contributed by atoms with Crippen molar-refractivity contribution < 1.29 is 8.78 Å². The molecule has 2 nitrogen and oxygen atoms in total. The van der Waals surface area contributed by atoms with Crippen LogP contribution in [0.25, 0.3) is 0 Å². The van der Waals surface area contributed by atoms with Crippen molar-refractivity contribution in [1.82, 2.24) is 4.90 Å². The number of alkyl halides is 1. The van der Waals surface area contributed by atoms with Gasteiger partial charge in [-0.1, -0.05) is 0 Å². The van der Waals surface area contributed by atoms with Crippen molar-refractivity contribution in [2.45, 2.75) is 25.9 Å². The molecule has 1 atom stereocenters. The van der Waals surface area contributed by atoms with Gasteiger partial charge in [-0.2, -0.15) is 0 Å². The molecule has 1 aliphatic rings. The Kier molecular flexibility index (Phi) is 4.17. The van der Waals surface area contributed by atoms with E-state index in [0.29, 0.717) is 12.6 Å². The number of rotatable bonds is 3. The Balaban J connectivity index is 2.07. The Labute approximate surface area is 107 Å². The van der Waals surface area contributed by atoms with Crippen LogP contribution in [0.2, 0.25) is 0 Å². The second-order valence-electron chi connectivity index (χ2n) is 5.06. The van der Waals surface area contributed by atoms with Crippen LogP contribution >= 0.6 is 0 Å². The van der Waals surface area contributed by atoms with E-state index in [9.17, 15) is 8.78 Å². The van der Waals surface area contributed by atoms with Crippen molar-refractivity contribution in [2.75, 3.05) is 31.2 Å². The van der Waals surface area contributed by atoms with Gasteiger partial charge in [0.2, 0.25) is 0 Å². The third-order valence-electron chi connectivity index (χ3n) is 3.56. The van der Waals surface area contributed by atoms with Gasteiger partial charge in [-0.25, -0.2) is 8.78 Å². The molecule has 2 rings (SSSR count). The van der Waals surface area contributed by atoms with E-state index < -0.39 is 0 Å². The highest BCUT2D eigenvalue weighted by molar-refractivity contribution is 5.47. The van der Waals surface area contributed by atoms with E-state index in [4.69, 9.17) is 0 Å². The Bertz CT molecular complexity index is 378. The van der Waals surface area contributed by atoms with Crippen LogP contribution in [0.5, 0.6) is 0 Å². The average Bonchev–Trinajstić information content (AvgIpc) is 2.38. The summed E-state index contributed by atoms with van der Waals surface area (Å²) >= 11 is 0. The summed E-state index contributed by atoms with van der Waals surface area (Å²) in [7, 11) is 0. The van der Waals surface area contributed by atoms with Gasteiger partial charge >= 0.3 is 0 Å². The first-order valence-electron chi connectivity index (χ1n) is 6.44. The maximum absolute atomic E-state index is 13.1. The average molecular weight is 254 g/mol. The summed E-state index contributed by atoms with van der Waals surface area (Å²) in [4.78, 5) is 4.32. The minimum atomic E-state index is -0.337. The van der Waals surface area contributed by atoms with E-state index in [-0.39, 0.29) is 18.5 Å². The molecule has 0 radical (unpaired) electrons. The summed E-state index contributed by atoms with van der Waals surface area (Å²) in [5.41, 5.74) is 0.971. The van der Waals surface area contributed by atoms with Crippen molar-refractivity contribution in [3.63, 3.8) is 0 Å². The van der Waals surface area contributed by atoms with Gasteiger partial charge in [-0.3, -0.25) is 4.90 Å². The number of piperazine rings is 1. The third kappa shape index (κ3) is 2.80. The minimum absolute atomic E-state index is 0.0659. The lowest BCUT2D eigenvalue weighted by Crippen LogP contribution is -2.56. The topological polar surface area (TPSA) is 6.48 Å². The first-order valence-corrected chi connectivity index (χ1v) is 6.44. The predicted octanol–water partition coefficient (Wildman–Crippen LogP) is 2.69. The number of benzene rings is 1. The maximum Gasteiger partial charge on any atom is 0.123 e. The van der Waals surface area contributed by atoms with Gasteiger partial charge in [0.1, 0.15) is 12.5 Å². The van der Waals surface area contributed by atoms with Crippen molar-refractivity contribution in [3.05, 3.63) is 30.1 Å². The third-order valence-corrected chi connectivity index (χ3v) is 3.56. The van der Waals surface area contributed by atoms with E-state index in [1.807, 2.05) is 0 Å². The molecule has 4 heteroatoms. The molecule has 18 heavy (non-hydrogen) atoms. The summed E-state index contributed by atoms with van der Waals surface area (Å²) in [6, 6.07) is 6.72. The van der Waals surface area contributed by atoms with Crippen LogP contribution in [0.15, 0.2) is 24.3 Å². The van der Waals surface area contributed by atoms with Crippen molar-refractivity contribution in [2.24, 2.45) is 0 Å². The van der Waals surface area contributed by atoms with Gasteiger partial charge in [0.25, 0.3) is 0 Å². The van der Waals surface area contributed by atoms with Gasteiger partial charge in [0.15, 0.2) is 0 Å². The van der Waals surface area contributed by atoms with Crippen LogP contribution in [-0.2, 0) is 0 Å². The fourth-order valence-corrected chi connectivity index (χ4v) is 2.57. The van der Waals surface area contributed by atoms with E-state index in [1.54, 1.807) is 12.1 Å². The molecular weight excluding hydrogens is 234 g/mol. The fourth-order valence-electron chi connectivity index (χ4n) is 2.57. The van der Waals surface area contributed by atoms with E-state index >= 15 is 0 Å². The summed E-state index contributed by atoms with van der Waals surface area (Å²) in [5.74, 6) is -0.235. The van der Waals surface area contributed by atoms with Gasteiger partial charge in [0.05, 0.1) is 6.04 Å². The highest BCUT2D eigenvalue weighted by atomic mass is 19.1. The minimum Gasteiger partial charge on any atom is -0.369 e. The second-order valence-corrected chi connectivity index (χ2v) is 5.06. The lowest BCUT2D eigenvalue weighted by atomic mass is 10.1. The van der Waals surface area contributed by atoms with Crippen molar-refractivity contribution in [1.29, 1.82) is 0 Å². The molecule has 1 saturated heterocycles. The Morgan fingerprint density at radius 2 is 1.89 bits per heavy atom. The highest BCUT2D eigenvalue weighted by Crippen LogP contribution is 2.21. The normalized spacial score (nSPS) is 21.6. The fraction of sp³-hybridized carbons (Fsp3) is 0.571. The first-order chi connectivity index (χ1) is 8.61. The maximum atomic E-state index is 13.1. The van der Waals surface area contributed by atoms with E-state index in [0.717, 1.165) is 18.8 Å². The van der Waals surface area contributed by atoms with E-state index in [1.165, 1.54) is 12.1 Å². The van der Waals surface area contributed by atoms with Gasteiger partial charge in [-0.05, 0) is 38.1 Å². The van der Waals surface area contributed by atoms with Crippen molar-refractivity contribution in [3.8, 4) is 0 Å². The molecule has 0 aliphatic carbocycles. The molecule has 100 valence electrons. The second kappa shape index (κ2) is 5.65. The zero-order valence-electron chi connectivity index (χ0n) is 10.9. The van der Waals surface area contributed by atoms with E-state index in [2.05, 4.69) is 23.6 Å². The number of nitrogens with zero attached hydrogens (tertiary/aromatic N) is 2. The number of halogens is 2. The van der Waals surface area contributed by atoms with Gasteiger partial charge in [0, 0.05) is 31.4 Å². The summed E-state index contributed by atoms with van der Waals surface area (Å²) in [6.07, 6.45) is 0. The Hall–Kier alpha value is -1.16. The summed E-state index contributed by atoms with van der Waals surface area (Å²) in [6.45, 7) is 6.23. The summed E-state index contributed by atoms with van der Waals surface area (Å²) < 4.78 is 26.0. The van der Waals surface area contributed by atoms with Crippen LogP contribution in [-0.4, -0.2) is 43.3 Å². The molecule has 0 saturated carbocycles. The molecule has 1 aromatic rings. The number of hydrogen-bond donors (Lipinski definition) is 0. The molecule has 1 unspecified atom stereocenters. The standard InChI is InChI=1S/C14H20F2N2/c1-11(2)18-8-7-17(10-14(18)9-15)13-5-3-12(16)4-6-13/h3-6,11,14H,7-10H2,1-2H3. The van der Waals surface area contributed by atoms with Crippen LogP contribution in [0.1, 0.15) is 13.8 Å². The zero-order chi connectivity index (χ0) is 13.1. The van der Waals surface area contributed by atoms with Gasteiger partial charge < -0.3 is 4.90 Å². The van der Waals surface area contributed by atoms with Crippen molar-refractivity contribution >= 4 is 5.69 Å². The molecule has 1 aliphatic heterocycles. The Morgan fingerprint density at radius 1 is 1.22 bits per heavy atom. The molecule has 0 aromatic heterocycles. The molecule has 0 spiro atoms. The Morgan fingerprint density at radius 3 is 2.44 bits per heavy atom. The van der Waals surface area contributed by atoms with Gasteiger partial charge in [-0.15, -0.1) is 0 Å². The number of anilines is 1. The van der Waals surface area contributed by atoms with Crippen LogP contribution < -0.4 is 4.90 Å². The smallest absolute Gasteiger partial charge is 0.123 e. The predicted molar refractivity (Wildman–Crippen MR) is 70.2 cm³/mol. The van der Waals surface area contributed by atoms with Crippen LogP contribution in [0.4, 0.5) is 14.5 Å². The largest absolute Gasteiger partial charge is 0.369 e. The van der Waals surface area contributed by atoms with Crippen LogP contribution in [0, 0.1) is 5.82 Å². The molecule has 0 N–H and O–H groups in total. The summed E-state index contributed by atoms with van der Waals surface area (Å²) in [5, 5.41) is 0. The number of hydrogen-bond acceptors (Lipinski definition) is 2. The molecule has 0 amide bonds. The molecule has 1 aromatic carbocycles. The molecule has 0 bridgehead atoms. The monoisotopic (exact) mass is 254 g/mol. The molecule has 1 fully saturated rings.